The van der Waals surface area contributed by atoms with E-state index in [0.717, 1.165) is 18.8 Å². The van der Waals surface area contributed by atoms with E-state index < -0.39 is 10.0 Å². The van der Waals surface area contributed by atoms with Crippen LogP contribution < -0.4 is 15.8 Å². The third kappa shape index (κ3) is 3.16. The summed E-state index contributed by atoms with van der Waals surface area (Å²) in [6.07, 6.45) is 0. The Kier molecular flexibility index (Phi) is 3.98. The quantitative estimate of drug-likeness (QED) is 0.802. The molecule has 2 atom stereocenters. The van der Waals surface area contributed by atoms with Crippen LogP contribution in [0.3, 0.4) is 0 Å². The maximum Gasteiger partial charge on any atom is 0.240 e. The molecule has 1 aromatic rings. The lowest BCUT2D eigenvalue weighted by Gasteiger charge is -2.37. The third-order valence-electron chi connectivity index (χ3n) is 3.11. The summed E-state index contributed by atoms with van der Waals surface area (Å²) < 4.78 is 23.0. The largest absolute Gasteiger partial charge is 0.396 e. The number of primary sulfonamides is 1. The molecule has 1 saturated heterocycles. The average molecular weight is 301 g/mol. The van der Waals surface area contributed by atoms with E-state index >= 15 is 0 Å². The van der Waals surface area contributed by atoms with E-state index in [1.54, 1.807) is 6.07 Å². The van der Waals surface area contributed by atoms with E-state index in [1.807, 2.05) is 17.8 Å². The molecule has 0 spiro atoms. The first-order chi connectivity index (χ1) is 8.79. The summed E-state index contributed by atoms with van der Waals surface area (Å²) >= 11 is 1.93. The summed E-state index contributed by atoms with van der Waals surface area (Å²) in [7, 11) is -3.78. The maximum atomic E-state index is 11.5. The summed E-state index contributed by atoms with van der Waals surface area (Å²) in [4.78, 5) is 2.14. The second kappa shape index (κ2) is 5.22. The highest BCUT2D eigenvalue weighted by atomic mass is 32.2. The number of thioether (sulfide) groups is 1. The zero-order valence-electron chi connectivity index (χ0n) is 11.0. The Morgan fingerprint density at radius 2 is 1.84 bits per heavy atom. The van der Waals surface area contributed by atoms with Gasteiger partial charge in [0.1, 0.15) is 4.90 Å². The average Bonchev–Trinajstić information content (AvgIpc) is 2.26. The maximum absolute atomic E-state index is 11.5. The van der Waals surface area contributed by atoms with Gasteiger partial charge in [-0.25, -0.2) is 13.6 Å². The number of rotatable bonds is 2. The van der Waals surface area contributed by atoms with Gasteiger partial charge in [-0.1, -0.05) is 19.9 Å². The van der Waals surface area contributed by atoms with Crippen LogP contribution in [-0.4, -0.2) is 32.0 Å². The number of anilines is 2. The SMILES string of the molecule is CC1CN(c2cccc(S(N)(=O)=O)c2N)CC(C)S1. The highest BCUT2D eigenvalue weighted by molar-refractivity contribution is 8.00. The first-order valence-electron chi connectivity index (χ1n) is 6.10. The molecule has 0 aromatic heterocycles. The molecule has 1 aliphatic rings. The molecule has 1 aromatic carbocycles. The van der Waals surface area contributed by atoms with E-state index in [1.165, 1.54) is 6.07 Å². The minimum absolute atomic E-state index is 0.00327. The fourth-order valence-electron chi connectivity index (χ4n) is 2.43. The Hall–Kier alpha value is -0.920. The molecule has 4 N–H and O–H groups in total. The molecular weight excluding hydrogens is 282 g/mol. The molecule has 1 fully saturated rings. The minimum Gasteiger partial charge on any atom is -0.396 e. The van der Waals surface area contributed by atoms with Crippen molar-refractivity contribution in [1.82, 2.24) is 0 Å². The number of hydrogen-bond acceptors (Lipinski definition) is 5. The molecule has 0 bridgehead atoms. The van der Waals surface area contributed by atoms with Crippen molar-refractivity contribution in [3.05, 3.63) is 18.2 Å². The first-order valence-corrected chi connectivity index (χ1v) is 8.59. The highest BCUT2D eigenvalue weighted by Gasteiger charge is 2.25. The molecule has 0 aliphatic carbocycles. The van der Waals surface area contributed by atoms with Gasteiger partial charge in [-0.3, -0.25) is 0 Å². The predicted molar refractivity (Wildman–Crippen MR) is 81.0 cm³/mol. The van der Waals surface area contributed by atoms with Crippen LogP contribution in [0, 0.1) is 0 Å². The van der Waals surface area contributed by atoms with Crippen molar-refractivity contribution in [3.8, 4) is 0 Å². The number of nitrogens with two attached hydrogens (primary N) is 2. The monoisotopic (exact) mass is 301 g/mol. The lowest BCUT2D eigenvalue weighted by atomic mass is 10.2. The Morgan fingerprint density at radius 3 is 2.37 bits per heavy atom. The molecule has 7 heteroatoms. The lowest BCUT2D eigenvalue weighted by molar-refractivity contribution is 0.598. The Morgan fingerprint density at radius 1 is 1.26 bits per heavy atom. The summed E-state index contributed by atoms with van der Waals surface area (Å²) in [6, 6.07) is 4.97. The van der Waals surface area contributed by atoms with Crippen molar-refractivity contribution in [2.75, 3.05) is 23.7 Å². The minimum atomic E-state index is -3.78. The Bertz CT molecular complexity index is 564. The molecular formula is C12H19N3O2S2. The molecule has 1 heterocycles. The predicted octanol–water partition coefficient (Wildman–Crippen LogP) is 1.25. The summed E-state index contributed by atoms with van der Waals surface area (Å²) in [5, 5.41) is 6.15. The van der Waals surface area contributed by atoms with Crippen LogP contribution in [0.1, 0.15) is 13.8 Å². The first kappa shape index (κ1) is 14.5. The second-order valence-corrected chi connectivity index (χ2v) is 8.31. The van der Waals surface area contributed by atoms with Gasteiger partial charge < -0.3 is 10.6 Å². The molecule has 0 saturated carbocycles. The molecule has 106 valence electrons. The molecule has 0 amide bonds. The zero-order chi connectivity index (χ0) is 14.2. The summed E-state index contributed by atoms with van der Waals surface area (Å²) in [6.45, 7) is 6.03. The van der Waals surface area contributed by atoms with Gasteiger partial charge in [-0.05, 0) is 12.1 Å². The number of para-hydroxylation sites is 1. The van der Waals surface area contributed by atoms with E-state index in [-0.39, 0.29) is 10.6 Å². The summed E-state index contributed by atoms with van der Waals surface area (Å²) in [5.41, 5.74) is 6.99. The van der Waals surface area contributed by atoms with Crippen LogP contribution in [0.4, 0.5) is 11.4 Å². The smallest absolute Gasteiger partial charge is 0.240 e. The topological polar surface area (TPSA) is 89.4 Å². The number of nitrogens with zero attached hydrogens (tertiary/aromatic N) is 1. The Balaban J connectivity index is 2.41. The highest BCUT2D eigenvalue weighted by Crippen LogP contribution is 2.34. The van der Waals surface area contributed by atoms with Crippen LogP contribution in [0.15, 0.2) is 23.1 Å². The van der Waals surface area contributed by atoms with Crippen molar-refractivity contribution in [2.45, 2.75) is 29.2 Å². The zero-order valence-corrected chi connectivity index (χ0v) is 12.7. The molecule has 1 aliphatic heterocycles. The number of benzene rings is 1. The Labute approximate surface area is 118 Å². The fraction of sp³-hybridized carbons (Fsp3) is 0.500. The van der Waals surface area contributed by atoms with Gasteiger partial charge in [-0.15, -0.1) is 0 Å². The molecule has 2 unspecified atom stereocenters. The van der Waals surface area contributed by atoms with Gasteiger partial charge in [0.2, 0.25) is 10.0 Å². The van der Waals surface area contributed by atoms with E-state index in [0.29, 0.717) is 10.5 Å². The summed E-state index contributed by atoms with van der Waals surface area (Å²) in [5.74, 6) is 0. The van der Waals surface area contributed by atoms with Gasteiger partial charge >= 0.3 is 0 Å². The van der Waals surface area contributed by atoms with Gasteiger partial charge in [-0.2, -0.15) is 11.8 Å². The van der Waals surface area contributed by atoms with Crippen molar-refractivity contribution in [2.24, 2.45) is 5.14 Å². The fourth-order valence-corrected chi connectivity index (χ4v) is 4.44. The molecule has 0 radical (unpaired) electrons. The van der Waals surface area contributed by atoms with Gasteiger partial charge in [0.15, 0.2) is 0 Å². The van der Waals surface area contributed by atoms with Crippen LogP contribution >= 0.6 is 11.8 Å². The number of hydrogen-bond donors (Lipinski definition) is 2. The standard InChI is InChI=1S/C12H19N3O2S2/c1-8-6-15(7-9(2)18-8)10-4-3-5-11(12(10)13)19(14,16)17/h3-5,8-9H,6-7,13H2,1-2H3,(H2,14,16,17). The van der Waals surface area contributed by atoms with Crippen LogP contribution in [0.25, 0.3) is 0 Å². The number of nitrogen functional groups attached to an aromatic ring is 1. The van der Waals surface area contributed by atoms with Gasteiger partial charge in [0.05, 0.1) is 11.4 Å². The van der Waals surface area contributed by atoms with Crippen LogP contribution in [0.5, 0.6) is 0 Å². The van der Waals surface area contributed by atoms with Crippen molar-refractivity contribution in [3.63, 3.8) is 0 Å². The van der Waals surface area contributed by atoms with E-state index in [4.69, 9.17) is 10.9 Å². The lowest BCUT2D eigenvalue weighted by Crippen LogP contribution is -2.40. The molecule has 5 nitrogen and oxygen atoms in total. The molecule has 2 rings (SSSR count). The number of sulfonamides is 1. The van der Waals surface area contributed by atoms with Crippen molar-refractivity contribution in [1.29, 1.82) is 0 Å². The van der Waals surface area contributed by atoms with E-state index in [9.17, 15) is 8.42 Å². The van der Waals surface area contributed by atoms with Crippen molar-refractivity contribution < 1.29 is 8.42 Å². The normalized spacial score (nSPS) is 24.5. The van der Waals surface area contributed by atoms with E-state index in [2.05, 4.69) is 18.7 Å². The second-order valence-electron chi connectivity index (χ2n) is 4.90. The van der Waals surface area contributed by atoms with Gasteiger partial charge in [0.25, 0.3) is 0 Å². The molecule has 19 heavy (non-hydrogen) atoms. The van der Waals surface area contributed by atoms with Crippen molar-refractivity contribution >= 4 is 33.2 Å². The van der Waals surface area contributed by atoms with Crippen LogP contribution in [-0.2, 0) is 10.0 Å². The van der Waals surface area contributed by atoms with Crippen LogP contribution in [0.2, 0.25) is 0 Å². The van der Waals surface area contributed by atoms with Gasteiger partial charge in [0, 0.05) is 23.6 Å². The third-order valence-corrected chi connectivity index (χ3v) is 5.31.